The van der Waals surface area contributed by atoms with Gasteiger partial charge in [-0.3, -0.25) is 9.59 Å². The maximum atomic E-state index is 12.0. The molecule has 120 valence electrons. The van der Waals surface area contributed by atoms with Crippen LogP contribution in [0.2, 0.25) is 0 Å². The standard InChI is InChI=1S/C17H19N3O3/c1-10(2)14-9-18-17(23-14)11-3-5-12(6-4-11)19-16(22)13-7-8-15(21)20-13/h3-6,9-10,13H,7-8H2,1-2H3,(H,19,22)(H,20,21)/t13-/m0/s1. The molecule has 0 bridgehead atoms. The monoisotopic (exact) mass is 313 g/mol. The molecule has 6 nitrogen and oxygen atoms in total. The predicted octanol–water partition coefficient (Wildman–Crippen LogP) is 2.68. The van der Waals surface area contributed by atoms with E-state index in [1.807, 2.05) is 26.0 Å². The zero-order chi connectivity index (χ0) is 16.4. The minimum atomic E-state index is -0.442. The summed E-state index contributed by atoms with van der Waals surface area (Å²) in [5.41, 5.74) is 1.53. The second-order valence-corrected chi connectivity index (χ2v) is 5.95. The van der Waals surface area contributed by atoms with Crippen molar-refractivity contribution < 1.29 is 14.0 Å². The van der Waals surface area contributed by atoms with E-state index in [0.29, 0.717) is 24.4 Å². The fourth-order valence-corrected chi connectivity index (χ4v) is 2.42. The summed E-state index contributed by atoms with van der Waals surface area (Å²) >= 11 is 0. The number of aromatic nitrogens is 1. The predicted molar refractivity (Wildman–Crippen MR) is 85.8 cm³/mol. The summed E-state index contributed by atoms with van der Waals surface area (Å²) in [4.78, 5) is 27.5. The van der Waals surface area contributed by atoms with Gasteiger partial charge in [0.25, 0.3) is 0 Å². The average Bonchev–Trinajstić information content (AvgIpc) is 3.17. The van der Waals surface area contributed by atoms with Crippen molar-refractivity contribution >= 4 is 17.5 Å². The summed E-state index contributed by atoms with van der Waals surface area (Å²) in [6.07, 6.45) is 2.68. The molecule has 0 spiro atoms. The zero-order valence-electron chi connectivity index (χ0n) is 13.1. The normalized spacial score (nSPS) is 17.3. The van der Waals surface area contributed by atoms with Crippen LogP contribution in [0.15, 0.2) is 34.9 Å². The highest BCUT2D eigenvalue weighted by Crippen LogP contribution is 2.24. The largest absolute Gasteiger partial charge is 0.441 e. The number of nitrogens with one attached hydrogen (secondary N) is 2. The molecule has 2 amide bonds. The van der Waals surface area contributed by atoms with E-state index in [-0.39, 0.29) is 17.7 Å². The molecule has 2 aromatic rings. The quantitative estimate of drug-likeness (QED) is 0.909. The highest BCUT2D eigenvalue weighted by Gasteiger charge is 2.27. The lowest BCUT2D eigenvalue weighted by atomic mass is 10.2. The van der Waals surface area contributed by atoms with Gasteiger partial charge >= 0.3 is 0 Å². The van der Waals surface area contributed by atoms with Crippen molar-refractivity contribution in [2.45, 2.75) is 38.6 Å². The second kappa shape index (κ2) is 6.24. The molecular weight excluding hydrogens is 294 g/mol. The summed E-state index contributed by atoms with van der Waals surface area (Å²) in [6.45, 7) is 4.09. The zero-order valence-corrected chi connectivity index (χ0v) is 13.1. The maximum Gasteiger partial charge on any atom is 0.246 e. The van der Waals surface area contributed by atoms with E-state index < -0.39 is 6.04 Å². The Hall–Kier alpha value is -2.63. The van der Waals surface area contributed by atoms with Gasteiger partial charge in [0.05, 0.1) is 6.20 Å². The number of carbonyl (C=O) groups excluding carboxylic acids is 2. The summed E-state index contributed by atoms with van der Waals surface area (Å²) in [6, 6.07) is 6.84. The van der Waals surface area contributed by atoms with Gasteiger partial charge in [0.15, 0.2) is 0 Å². The van der Waals surface area contributed by atoms with Crippen LogP contribution in [-0.2, 0) is 9.59 Å². The lowest BCUT2D eigenvalue weighted by Gasteiger charge is -2.11. The van der Waals surface area contributed by atoms with Gasteiger partial charge in [-0.2, -0.15) is 0 Å². The van der Waals surface area contributed by atoms with Crippen LogP contribution in [-0.4, -0.2) is 22.8 Å². The van der Waals surface area contributed by atoms with Crippen LogP contribution in [0.1, 0.15) is 38.4 Å². The Morgan fingerprint density at radius 2 is 2.09 bits per heavy atom. The second-order valence-electron chi connectivity index (χ2n) is 5.95. The Labute approximate surface area is 134 Å². The number of hydrogen-bond acceptors (Lipinski definition) is 4. The molecule has 1 aromatic heterocycles. The lowest BCUT2D eigenvalue weighted by Crippen LogP contribution is -2.37. The summed E-state index contributed by atoms with van der Waals surface area (Å²) in [7, 11) is 0. The van der Waals surface area contributed by atoms with E-state index in [4.69, 9.17) is 4.42 Å². The summed E-state index contributed by atoms with van der Waals surface area (Å²) in [5.74, 6) is 1.42. The first-order valence-corrected chi connectivity index (χ1v) is 7.69. The first-order chi connectivity index (χ1) is 11.0. The van der Waals surface area contributed by atoms with Crippen LogP contribution in [0.4, 0.5) is 5.69 Å². The van der Waals surface area contributed by atoms with Gasteiger partial charge in [-0.1, -0.05) is 13.8 Å². The van der Waals surface area contributed by atoms with Crippen LogP contribution >= 0.6 is 0 Å². The van der Waals surface area contributed by atoms with Gasteiger partial charge in [0.1, 0.15) is 11.8 Å². The smallest absolute Gasteiger partial charge is 0.246 e. The Balaban J connectivity index is 1.67. The number of benzene rings is 1. The van der Waals surface area contributed by atoms with Crippen molar-refractivity contribution in [3.8, 4) is 11.5 Å². The molecule has 23 heavy (non-hydrogen) atoms. The van der Waals surface area contributed by atoms with Crippen LogP contribution in [0.25, 0.3) is 11.5 Å². The molecule has 3 rings (SSSR count). The molecule has 2 heterocycles. The van der Waals surface area contributed by atoms with Crippen molar-refractivity contribution in [3.63, 3.8) is 0 Å². The SMILES string of the molecule is CC(C)c1cnc(-c2ccc(NC(=O)[C@@H]3CCC(=O)N3)cc2)o1. The minimum absolute atomic E-state index is 0.0784. The maximum absolute atomic E-state index is 12.0. The summed E-state index contributed by atoms with van der Waals surface area (Å²) < 4.78 is 5.70. The van der Waals surface area contributed by atoms with Crippen LogP contribution in [0, 0.1) is 0 Å². The van der Waals surface area contributed by atoms with Gasteiger partial charge in [-0.05, 0) is 30.7 Å². The van der Waals surface area contributed by atoms with Crippen molar-refractivity contribution in [2.24, 2.45) is 0 Å². The third-order valence-electron chi connectivity index (χ3n) is 3.80. The molecule has 0 aliphatic carbocycles. The van der Waals surface area contributed by atoms with Crippen LogP contribution in [0.5, 0.6) is 0 Å². The number of rotatable bonds is 4. The third kappa shape index (κ3) is 3.41. The third-order valence-corrected chi connectivity index (χ3v) is 3.80. The van der Waals surface area contributed by atoms with Crippen molar-refractivity contribution in [3.05, 3.63) is 36.2 Å². The minimum Gasteiger partial charge on any atom is -0.441 e. The topological polar surface area (TPSA) is 84.2 Å². The van der Waals surface area contributed by atoms with Gasteiger partial charge < -0.3 is 15.1 Å². The van der Waals surface area contributed by atoms with Gasteiger partial charge in [-0.25, -0.2) is 4.98 Å². The molecule has 1 atom stereocenters. The molecule has 0 saturated carbocycles. The fraction of sp³-hybridized carbons (Fsp3) is 0.353. The summed E-state index contributed by atoms with van der Waals surface area (Å²) in [5, 5.41) is 5.45. The molecule has 1 aliphatic rings. The molecule has 0 radical (unpaired) electrons. The van der Waals surface area contributed by atoms with E-state index in [1.54, 1.807) is 18.3 Å². The average molecular weight is 313 g/mol. The van der Waals surface area contributed by atoms with Crippen molar-refractivity contribution in [2.75, 3.05) is 5.32 Å². The van der Waals surface area contributed by atoms with Gasteiger partial charge in [0.2, 0.25) is 17.7 Å². The van der Waals surface area contributed by atoms with Gasteiger partial charge in [0, 0.05) is 23.6 Å². The number of carbonyl (C=O) groups is 2. The fourth-order valence-electron chi connectivity index (χ4n) is 2.42. The first kappa shape index (κ1) is 15.3. The number of anilines is 1. The van der Waals surface area contributed by atoms with E-state index >= 15 is 0 Å². The Bertz CT molecular complexity index is 719. The molecule has 1 aromatic carbocycles. The molecule has 2 N–H and O–H groups in total. The van der Waals surface area contributed by atoms with E-state index in [0.717, 1.165) is 11.3 Å². The lowest BCUT2D eigenvalue weighted by molar-refractivity contribution is -0.122. The number of nitrogens with zero attached hydrogens (tertiary/aromatic N) is 1. The number of hydrogen-bond donors (Lipinski definition) is 2. The molecule has 1 aliphatic heterocycles. The molecule has 1 fully saturated rings. The van der Waals surface area contributed by atoms with E-state index in [2.05, 4.69) is 15.6 Å². The van der Waals surface area contributed by atoms with Crippen molar-refractivity contribution in [1.29, 1.82) is 0 Å². The van der Waals surface area contributed by atoms with Gasteiger partial charge in [-0.15, -0.1) is 0 Å². The van der Waals surface area contributed by atoms with Crippen LogP contribution in [0.3, 0.4) is 0 Å². The first-order valence-electron chi connectivity index (χ1n) is 7.69. The Kier molecular flexibility index (Phi) is 4.14. The van der Waals surface area contributed by atoms with E-state index in [9.17, 15) is 9.59 Å². The Morgan fingerprint density at radius 1 is 1.35 bits per heavy atom. The highest BCUT2D eigenvalue weighted by atomic mass is 16.4. The molecular formula is C17H19N3O3. The molecule has 1 saturated heterocycles. The Morgan fingerprint density at radius 3 is 2.65 bits per heavy atom. The van der Waals surface area contributed by atoms with Crippen molar-refractivity contribution in [1.82, 2.24) is 10.3 Å². The highest BCUT2D eigenvalue weighted by molar-refractivity contribution is 5.99. The number of amides is 2. The molecule has 6 heteroatoms. The molecule has 0 unspecified atom stereocenters. The number of oxazole rings is 1. The van der Waals surface area contributed by atoms with E-state index in [1.165, 1.54) is 0 Å². The van der Waals surface area contributed by atoms with Crippen LogP contribution < -0.4 is 10.6 Å².